The molecule has 0 aliphatic heterocycles. The lowest BCUT2D eigenvalue weighted by atomic mass is 10.2. The number of methoxy groups -OCH3 is 1. The van der Waals surface area contributed by atoms with Gasteiger partial charge < -0.3 is 9.84 Å². The van der Waals surface area contributed by atoms with Crippen LogP contribution in [0.15, 0.2) is 18.3 Å². The first kappa shape index (κ1) is 12.4. The van der Waals surface area contributed by atoms with Crippen molar-refractivity contribution in [3.8, 4) is 5.88 Å². The average Bonchev–Trinajstić information content (AvgIpc) is 2.28. The highest BCUT2D eigenvalue weighted by Crippen LogP contribution is 2.16. The summed E-state index contributed by atoms with van der Waals surface area (Å²) in [6, 6.07) is 3.14. The lowest BCUT2D eigenvalue weighted by Crippen LogP contribution is -2.35. The Balaban J connectivity index is 2.76. The Labute approximate surface area is 94.7 Å². The molecule has 5 nitrogen and oxygen atoms in total. The van der Waals surface area contributed by atoms with E-state index in [1.54, 1.807) is 38.2 Å². The molecule has 1 atom stereocenters. The predicted octanol–water partition coefficient (Wildman–Crippen LogP) is 0.995. The summed E-state index contributed by atoms with van der Waals surface area (Å²) < 4.78 is 5.10. The average molecular weight is 224 g/mol. The minimum Gasteiger partial charge on any atom is -0.481 e. The van der Waals surface area contributed by atoms with Crippen molar-refractivity contribution < 1.29 is 14.6 Å². The van der Waals surface area contributed by atoms with Gasteiger partial charge >= 0.3 is 5.97 Å². The Hall–Kier alpha value is -1.62. The summed E-state index contributed by atoms with van der Waals surface area (Å²) in [5, 5.41) is 8.87. The van der Waals surface area contributed by atoms with Crippen LogP contribution in [0.25, 0.3) is 0 Å². The quantitative estimate of drug-likeness (QED) is 0.808. The number of hydrogen-bond donors (Lipinski definition) is 1. The van der Waals surface area contributed by atoms with Crippen molar-refractivity contribution in [3.63, 3.8) is 0 Å². The van der Waals surface area contributed by atoms with Gasteiger partial charge in [0, 0.05) is 18.3 Å². The van der Waals surface area contributed by atoms with E-state index in [4.69, 9.17) is 9.84 Å². The lowest BCUT2D eigenvalue weighted by molar-refractivity contribution is -0.142. The minimum absolute atomic E-state index is 0.491. The van der Waals surface area contributed by atoms with E-state index in [2.05, 4.69) is 4.98 Å². The number of pyridine rings is 1. The van der Waals surface area contributed by atoms with Crippen molar-refractivity contribution in [2.24, 2.45) is 0 Å². The molecule has 1 heterocycles. The van der Waals surface area contributed by atoms with Crippen LogP contribution in [0.2, 0.25) is 0 Å². The van der Waals surface area contributed by atoms with Crippen LogP contribution in [0.1, 0.15) is 12.5 Å². The normalized spacial score (nSPS) is 12.5. The summed E-state index contributed by atoms with van der Waals surface area (Å²) in [5.74, 6) is -0.308. The zero-order chi connectivity index (χ0) is 12.1. The fraction of sp³-hybridized carbons (Fsp3) is 0.455. The zero-order valence-corrected chi connectivity index (χ0v) is 9.67. The number of carboxylic acids is 1. The Morgan fingerprint density at radius 3 is 2.94 bits per heavy atom. The van der Waals surface area contributed by atoms with Crippen LogP contribution in [0, 0.1) is 0 Å². The van der Waals surface area contributed by atoms with Crippen LogP contribution in [0.4, 0.5) is 0 Å². The van der Waals surface area contributed by atoms with Gasteiger partial charge in [-0.05, 0) is 20.0 Å². The van der Waals surface area contributed by atoms with Crippen LogP contribution < -0.4 is 4.74 Å². The molecule has 1 rings (SSSR count). The van der Waals surface area contributed by atoms with Crippen LogP contribution >= 0.6 is 0 Å². The molecule has 0 radical (unpaired) electrons. The second-order valence-electron chi connectivity index (χ2n) is 3.60. The van der Waals surface area contributed by atoms with E-state index in [1.165, 1.54) is 0 Å². The van der Waals surface area contributed by atoms with Crippen molar-refractivity contribution in [2.45, 2.75) is 19.5 Å². The van der Waals surface area contributed by atoms with Gasteiger partial charge in [0.15, 0.2) is 0 Å². The summed E-state index contributed by atoms with van der Waals surface area (Å²) in [5.41, 5.74) is 0.876. The molecule has 0 aromatic carbocycles. The maximum absolute atomic E-state index is 10.8. The number of hydrogen-bond acceptors (Lipinski definition) is 4. The van der Waals surface area contributed by atoms with Gasteiger partial charge in [-0.15, -0.1) is 0 Å². The maximum atomic E-state index is 10.8. The van der Waals surface area contributed by atoms with Crippen molar-refractivity contribution in [3.05, 3.63) is 23.9 Å². The standard InChI is InChI=1S/C11H16N2O3/c1-8(11(14)15)13(2)7-9-5-4-6-12-10(9)16-3/h4-6,8H,7H2,1-3H3,(H,14,15). The summed E-state index contributed by atoms with van der Waals surface area (Å²) in [7, 11) is 3.30. The van der Waals surface area contributed by atoms with Gasteiger partial charge in [-0.2, -0.15) is 0 Å². The van der Waals surface area contributed by atoms with Crippen LogP contribution in [-0.2, 0) is 11.3 Å². The molecule has 0 aliphatic carbocycles. The maximum Gasteiger partial charge on any atom is 0.320 e. The molecule has 16 heavy (non-hydrogen) atoms. The number of nitrogens with zero attached hydrogens (tertiary/aromatic N) is 2. The molecule has 0 amide bonds. The highest BCUT2D eigenvalue weighted by molar-refractivity contribution is 5.72. The molecule has 1 aromatic heterocycles. The second-order valence-corrected chi connectivity index (χ2v) is 3.60. The van der Waals surface area contributed by atoms with E-state index >= 15 is 0 Å². The lowest BCUT2D eigenvalue weighted by Gasteiger charge is -2.21. The highest BCUT2D eigenvalue weighted by Gasteiger charge is 2.18. The van der Waals surface area contributed by atoms with Crippen molar-refractivity contribution >= 4 is 5.97 Å². The van der Waals surface area contributed by atoms with Crippen LogP contribution in [0.5, 0.6) is 5.88 Å². The van der Waals surface area contributed by atoms with Gasteiger partial charge in [-0.1, -0.05) is 6.07 Å². The second kappa shape index (κ2) is 5.46. The molecule has 0 spiro atoms. The molecule has 1 N–H and O–H groups in total. The zero-order valence-electron chi connectivity index (χ0n) is 9.67. The largest absolute Gasteiger partial charge is 0.481 e. The number of aromatic nitrogens is 1. The first-order chi connectivity index (χ1) is 7.56. The van der Waals surface area contributed by atoms with Gasteiger partial charge in [0.1, 0.15) is 6.04 Å². The van der Waals surface area contributed by atoms with E-state index in [1.807, 2.05) is 6.07 Å². The molecule has 1 aromatic rings. The van der Waals surface area contributed by atoms with Crippen LogP contribution in [0.3, 0.4) is 0 Å². The molecule has 5 heteroatoms. The first-order valence-corrected chi connectivity index (χ1v) is 4.97. The summed E-state index contributed by atoms with van der Waals surface area (Å²) in [6.07, 6.45) is 1.64. The molecule has 0 aliphatic rings. The number of aliphatic carboxylic acids is 1. The number of likely N-dealkylation sites (N-methyl/N-ethyl adjacent to an activating group) is 1. The highest BCUT2D eigenvalue weighted by atomic mass is 16.5. The third-order valence-electron chi connectivity index (χ3n) is 2.48. The van der Waals surface area contributed by atoms with Gasteiger partial charge in [0.05, 0.1) is 7.11 Å². The van der Waals surface area contributed by atoms with E-state index in [-0.39, 0.29) is 0 Å². The molecule has 0 saturated heterocycles. The van der Waals surface area contributed by atoms with Crippen molar-refractivity contribution in [1.29, 1.82) is 0 Å². The Morgan fingerprint density at radius 1 is 1.69 bits per heavy atom. The van der Waals surface area contributed by atoms with E-state index < -0.39 is 12.0 Å². The van der Waals surface area contributed by atoms with E-state index in [9.17, 15) is 4.79 Å². The number of ether oxygens (including phenoxy) is 1. The van der Waals surface area contributed by atoms with Gasteiger partial charge in [0.25, 0.3) is 0 Å². The summed E-state index contributed by atoms with van der Waals surface area (Å²) >= 11 is 0. The molecular weight excluding hydrogens is 208 g/mol. The monoisotopic (exact) mass is 224 g/mol. The SMILES string of the molecule is COc1ncccc1CN(C)C(C)C(=O)O. The number of rotatable bonds is 5. The fourth-order valence-corrected chi connectivity index (χ4v) is 1.32. The predicted molar refractivity (Wildman–Crippen MR) is 59.4 cm³/mol. The fourth-order valence-electron chi connectivity index (χ4n) is 1.32. The summed E-state index contributed by atoms with van der Waals surface area (Å²) in [6.45, 7) is 2.13. The third kappa shape index (κ3) is 2.93. The Morgan fingerprint density at radius 2 is 2.38 bits per heavy atom. The molecule has 0 saturated carbocycles. The third-order valence-corrected chi connectivity index (χ3v) is 2.48. The molecule has 1 unspecified atom stereocenters. The van der Waals surface area contributed by atoms with Crippen LogP contribution in [-0.4, -0.2) is 41.2 Å². The van der Waals surface area contributed by atoms with Gasteiger partial charge in [-0.25, -0.2) is 4.98 Å². The van der Waals surface area contributed by atoms with E-state index in [0.29, 0.717) is 12.4 Å². The topological polar surface area (TPSA) is 62.7 Å². The molecule has 0 fully saturated rings. The number of carboxylic acid groups (broad SMARTS) is 1. The first-order valence-electron chi connectivity index (χ1n) is 4.97. The molecular formula is C11H16N2O3. The number of carbonyl (C=O) groups is 1. The summed E-state index contributed by atoms with van der Waals surface area (Å²) in [4.78, 5) is 16.6. The Kier molecular flexibility index (Phi) is 4.25. The van der Waals surface area contributed by atoms with E-state index in [0.717, 1.165) is 5.56 Å². The van der Waals surface area contributed by atoms with Gasteiger partial charge in [0.2, 0.25) is 5.88 Å². The van der Waals surface area contributed by atoms with Crippen molar-refractivity contribution in [1.82, 2.24) is 9.88 Å². The smallest absolute Gasteiger partial charge is 0.320 e. The van der Waals surface area contributed by atoms with Crippen molar-refractivity contribution in [2.75, 3.05) is 14.2 Å². The minimum atomic E-state index is -0.842. The van der Waals surface area contributed by atoms with Gasteiger partial charge in [-0.3, -0.25) is 9.69 Å². The molecule has 0 bridgehead atoms. The molecule has 88 valence electrons. The Bertz CT molecular complexity index is 368.